The van der Waals surface area contributed by atoms with E-state index in [-0.39, 0.29) is 36.9 Å². The van der Waals surface area contributed by atoms with Gasteiger partial charge in [0.1, 0.15) is 11.9 Å². The number of hydrogen-bond acceptors (Lipinski definition) is 3. The van der Waals surface area contributed by atoms with Crippen molar-refractivity contribution in [2.75, 3.05) is 26.7 Å². The van der Waals surface area contributed by atoms with E-state index in [4.69, 9.17) is 4.74 Å². The number of carbonyl (C=O) groups excluding carboxylic acids is 1. The lowest BCUT2D eigenvalue weighted by molar-refractivity contribution is -0.187. The maximum atomic E-state index is 12.9. The van der Waals surface area contributed by atoms with Crippen molar-refractivity contribution in [1.82, 2.24) is 9.80 Å². The van der Waals surface area contributed by atoms with Gasteiger partial charge < -0.3 is 9.64 Å². The van der Waals surface area contributed by atoms with Crippen LogP contribution in [0, 0.1) is 5.82 Å². The van der Waals surface area contributed by atoms with Gasteiger partial charge in [0.05, 0.1) is 5.60 Å². The molecule has 1 amide bonds. The van der Waals surface area contributed by atoms with E-state index in [1.807, 2.05) is 26.1 Å². The number of hydrogen-bond donors (Lipinski definition) is 0. The van der Waals surface area contributed by atoms with Crippen LogP contribution in [0.25, 0.3) is 0 Å². The number of halogens is 1. The standard InChI is InChI=1S/C17H23FN2O2.H2S/c1-13-16(21)19(2)12-17(22-13)7-9-20(10-8-17)11-14-3-5-15(18)6-4-14;/h3-6,13H,7-12H2,1-2H3;1H2/t13-;/m0./s1. The number of amides is 1. The van der Waals surface area contributed by atoms with Gasteiger partial charge in [0.2, 0.25) is 0 Å². The van der Waals surface area contributed by atoms with E-state index in [9.17, 15) is 9.18 Å². The molecule has 1 aromatic carbocycles. The molecule has 4 nitrogen and oxygen atoms in total. The average Bonchev–Trinajstić information content (AvgIpc) is 2.50. The summed E-state index contributed by atoms with van der Waals surface area (Å²) in [5.41, 5.74) is 0.934. The molecule has 128 valence electrons. The fraction of sp³-hybridized carbons (Fsp3) is 0.588. The molecule has 1 atom stereocenters. The fourth-order valence-corrected chi connectivity index (χ4v) is 3.53. The second-order valence-corrected chi connectivity index (χ2v) is 6.54. The van der Waals surface area contributed by atoms with Crippen molar-refractivity contribution < 1.29 is 13.9 Å². The van der Waals surface area contributed by atoms with Crippen molar-refractivity contribution in [3.8, 4) is 0 Å². The number of likely N-dealkylation sites (tertiary alicyclic amines) is 1. The monoisotopic (exact) mass is 340 g/mol. The van der Waals surface area contributed by atoms with Gasteiger partial charge in [0, 0.05) is 33.2 Å². The molecule has 2 saturated heterocycles. The van der Waals surface area contributed by atoms with E-state index in [1.165, 1.54) is 12.1 Å². The van der Waals surface area contributed by atoms with Crippen LogP contribution in [0.3, 0.4) is 0 Å². The van der Waals surface area contributed by atoms with Crippen molar-refractivity contribution >= 4 is 19.4 Å². The second-order valence-electron chi connectivity index (χ2n) is 6.54. The summed E-state index contributed by atoms with van der Waals surface area (Å²) in [6.45, 7) is 5.23. The zero-order chi connectivity index (χ0) is 15.7. The van der Waals surface area contributed by atoms with Gasteiger partial charge in [0.15, 0.2) is 0 Å². The molecule has 0 N–H and O–H groups in total. The number of nitrogens with zero attached hydrogens (tertiary/aromatic N) is 2. The van der Waals surface area contributed by atoms with E-state index in [1.54, 1.807) is 4.90 Å². The summed E-state index contributed by atoms with van der Waals surface area (Å²) in [6, 6.07) is 6.69. The van der Waals surface area contributed by atoms with Crippen LogP contribution in [0.5, 0.6) is 0 Å². The lowest BCUT2D eigenvalue weighted by Gasteiger charge is -2.48. The van der Waals surface area contributed by atoms with Gasteiger partial charge in [-0.15, -0.1) is 0 Å². The van der Waals surface area contributed by atoms with E-state index in [0.717, 1.165) is 38.0 Å². The SMILES string of the molecule is C[C@@H]1OC2(CCN(Cc3ccc(F)cc3)CC2)CN(C)C1=O.S. The van der Waals surface area contributed by atoms with Crippen LogP contribution in [-0.4, -0.2) is 54.1 Å². The van der Waals surface area contributed by atoms with Crippen molar-refractivity contribution in [1.29, 1.82) is 0 Å². The van der Waals surface area contributed by atoms with E-state index >= 15 is 0 Å². The quantitative estimate of drug-likeness (QED) is 0.827. The minimum absolute atomic E-state index is 0. The van der Waals surface area contributed by atoms with Crippen molar-refractivity contribution in [2.45, 2.75) is 38.0 Å². The smallest absolute Gasteiger partial charge is 0.251 e. The van der Waals surface area contributed by atoms with Crippen LogP contribution in [0.4, 0.5) is 4.39 Å². The molecule has 1 spiro atoms. The predicted molar refractivity (Wildman–Crippen MR) is 92.2 cm³/mol. The highest BCUT2D eigenvalue weighted by molar-refractivity contribution is 7.59. The molecule has 0 aliphatic carbocycles. The first-order chi connectivity index (χ1) is 10.5. The van der Waals surface area contributed by atoms with Crippen LogP contribution in [0.15, 0.2) is 24.3 Å². The molecule has 3 rings (SSSR count). The minimum Gasteiger partial charge on any atom is -0.360 e. The molecular weight excluding hydrogens is 315 g/mol. The Morgan fingerprint density at radius 3 is 2.43 bits per heavy atom. The molecule has 0 saturated carbocycles. The zero-order valence-electron chi connectivity index (χ0n) is 13.7. The van der Waals surface area contributed by atoms with Crippen LogP contribution in [0.2, 0.25) is 0 Å². The number of piperidine rings is 1. The second kappa shape index (κ2) is 7.20. The maximum Gasteiger partial charge on any atom is 0.251 e. The maximum absolute atomic E-state index is 12.9. The van der Waals surface area contributed by atoms with E-state index in [2.05, 4.69) is 4.90 Å². The largest absolute Gasteiger partial charge is 0.360 e. The summed E-state index contributed by atoms with van der Waals surface area (Å²) in [4.78, 5) is 16.0. The Bertz CT molecular complexity index is 528. The molecule has 0 bridgehead atoms. The molecule has 2 fully saturated rings. The van der Waals surface area contributed by atoms with Gasteiger partial charge in [-0.1, -0.05) is 12.1 Å². The Morgan fingerprint density at radius 1 is 1.26 bits per heavy atom. The van der Waals surface area contributed by atoms with Gasteiger partial charge in [-0.05, 0) is 37.5 Å². The Balaban J connectivity index is 0.00000192. The van der Waals surface area contributed by atoms with Crippen molar-refractivity contribution in [3.63, 3.8) is 0 Å². The Kier molecular flexibility index (Phi) is 5.70. The molecule has 2 aliphatic heterocycles. The summed E-state index contributed by atoms with van der Waals surface area (Å²) >= 11 is 0. The Labute approximate surface area is 144 Å². The lowest BCUT2D eigenvalue weighted by Crippen LogP contribution is -2.60. The number of morpholine rings is 1. The molecular formula is C17H25FN2O2S. The lowest BCUT2D eigenvalue weighted by atomic mass is 9.88. The van der Waals surface area contributed by atoms with Crippen molar-refractivity contribution in [2.24, 2.45) is 0 Å². The topological polar surface area (TPSA) is 32.8 Å². The molecule has 6 heteroatoms. The molecule has 1 aromatic rings. The average molecular weight is 340 g/mol. The Hall–Kier alpha value is -1.11. The molecule has 23 heavy (non-hydrogen) atoms. The highest BCUT2D eigenvalue weighted by Gasteiger charge is 2.44. The summed E-state index contributed by atoms with van der Waals surface area (Å²) < 4.78 is 19.0. The third-order valence-corrected chi connectivity index (χ3v) is 4.76. The summed E-state index contributed by atoms with van der Waals surface area (Å²) in [6.07, 6.45) is 1.51. The first-order valence-corrected chi connectivity index (χ1v) is 7.87. The number of ether oxygens (including phenoxy) is 1. The summed E-state index contributed by atoms with van der Waals surface area (Å²) in [5.74, 6) is -0.127. The van der Waals surface area contributed by atoms with Gasteiger partial charge in [-0.25, -0.2) is 4.39 Å². The highest BCUT2D eigenvalue weighted by atomic mass is 32.1. The molecule has 2 heterocycles. The van der Waals surface area contributed by atoms with Crippen LogP contribution >= 0.6 is 13.5 Å². The third-order valence-electron chi connectivity index (χ3n) is 4.76. The van der Waals surface area contributed by atoms with Crippen LogP contribution in [0.1, 0.15) is 25.3 Å². The number of carbonyl (C=O) groups is 1. The molecule has 0 radical (unpaired) electrons. The summed E-state index contributed by atoms with van der Waals surface area (Å²) in [7, 11) is 1.86. The number of benzene rings is 1. The van der Waals surface area contributed by atoms with Gasteiger partial charge in [-0.2, -0.15) is 13.5 Å². The van der Waals surface area contributed by atoms with Gasteiger partial charge in [-0.3, -0.25) is 9.69 Å². The fourth-order valence-electron chi connectivity index (χ4n) is 3.53. The Morgan fingerprint density at radius 2 is 1.87 bits per heavy atom. The van der Waals surface area contributed by atoms with Gasteiger partial charge >= 0.3 is 0 Å². The predicted octanol–water partition coefficient (Wildman–Crippen LogP) is 2.15. The van der Waals surface area contributed by atoms with Gasteiger partial charge in [0.25, 0.3) is 5.91 Å². The highest BCUT2D eigenvalue weighted by Crippen LogP contribution is 2.32. The van der Waals surface area contributed by atoms with Crippen molar-refractivity contribution in [3.05, 3.63) is 35.6 Å². The van der Waals surface area contributed by atoms with Crippen LogP contribution in [-0.2, 0) is 16.1 Å². The zero-order valence-corrected chi connectivity index (χ0v) is 14.7. The van der Waals surface area contributed by atoms with E-state index in [0.29, 0.717) is 6.54 Å². The third kappa shape index (κ3) is 4.05. The first-order valence-electron chi connectivity index (χ1n) is 7.87. The normalized spacial score (nSPS) is 24.6. The van der Waals surface area contributed by atoms with E-state index < -0.39 is 0 Å². The summed E-state index contributed by atoms with van der Waals surface area (Å²) in [5, 5.41) is 0. The number of rotatable bonds is 2. The minimum atomic E-state index is -0.345. The number of likely N-dealkylation sites (N-methyl/N-ethyl adjacent to an activating group) is 1. The van der Waals surface area contributed by atoms with Crippen LogP contribution < -0.4 is 0 Å². The first kappa shape index (κ1) is 18.2. The molecule has 0 aromatic heterocycles. The molecule has 2 aliphatic rings. The molecule has 0 unspecified atom stereocenters.